The quantitative estimate of drug-likeness (QED) is 0.548. The number of benzene rings is 2. The monoisotopic (exact) mass is 368 g/mol. The Morgan fingerprint density at radius 3 is 2.41 bits per heavy atom. The molecule has 0 saturated heterocycles. The third-order valence-electron chi connectivity index (χ3n) is 3.71. The molecule has 7 nitrogen and oxygen atoms in total. The molecular weight excluding hydrogens is 348 g/mol. The van der Waals surface area contributed by atoms with E-state index in [1.54, 1.807) is 6.07 Å². The smallest absolute Gasteiger partial charge is 0.338 e. The Labute approximate surface area is 156 Å². The van der Waals surface area contributed by atoms with Crippen molar-refractivity contribution >= 4 is 29.1 Å². The zero-order chi connectivity index (χ0) is 19.8. The molecule has 7 heteroatoms. The molecule has 0 bridgehead atoms. The molecular formula is C20H20N2O5. The minimum absolute atomic E-state index is 0.119. The van der Waals surface area contributed by atoms with Crippen LogP contribution in [-0.4, -0.2) is 42.1 Å². The summed E-state index contributed by atoms with van der Waals surface area (Å²) in [5.41, 5.74) is 2.02. The third kappa shape index (κ3) is 5.50. The van der Waals surface area contributed by atoms with Gasteiger partial charge in [0.05, 0.1) is 5.56 Å². The number of Topliss-reactive ketones (excluding diaryl/α,β-unsaturated/α-hetero) is 1. The molecule has 2 rings (SSSR count). The fourth-order valence-corrected chi connectivity index (χ4v) is 2.47. The third-order valence-corrected chi connectivity index (χ3v) is 3.71. The van der Waals surface area contributed by atoms with Gasteiger partial charge in [-0.25, -0.2) is 4.79 Å². The molecule has 0 aromatic heterocycles. The maximum Gasteiger partial charge on any atom is 0.338 e. The van der Waals surface area contributed by atoms with Crippen molar-refractivity contribution in [3.63, 3.8) is 0 Å². The van der Waals surface area contributed by atoms with Crippen molar-refractivity contribution in [1.82, 2.24) is 0 Å². The molecule has 0 heterocycles. The zero-order valence-electron chi connectivity index (χ0n) is 15.1. The summed E-state index contributed by atoms with van der Waals surface area (Å²) in [6.07, 6.45) is 0. The molecule has 0 aliphatic carbocycles. The Morgan fingerprint density at radius 1 is 1.11 bits per heavy atom. The van der Waals surface area contributed by atoms with E-state index in [2.05, 4.69) is 10.3 Å². The largest absolute Gasteiger partial charge is 0.480 e. The van der Waals surface area contributed by atoms with Crippen LogP contribution in [0.15, 0.2) is 53.5 Å². The molecule has 27 heavy (non-hydrogen) atoms. The second-order valence-corrected chi connectivity index (χ2v) is 5.70. The molecule has 2 aromatic carbocycles. The minimum Gasteiger partial charge on any atom is -0.480 e. The van der Waals surface area contributed by atoms with Crippen LogP contribution < -0.4 is 5.32 Å². The van der Waals surface area contributed by atoms with Crippen molar-refractivity contribution in [3.05, 3.63) is 65.2 Å². The van der Waals surface area contributed by atoms with Crippen LogP contribution in [-0.2, 0) is 20.9 Å². The molecule has 0 fully saturated rings. The average Bonchev–Trinajstić information content (AvgIpc) is 2.66. The van der Waals surface area contributed by atoms with Gasteiger partial charge < -0.3 is 15.2 Å². The van der Waals surface area contributed by atoms with E-state index in [-0.39, 0.29) is 30.2 Å². The van der Waals surface area contributed by atoms with Gasteiger partial charge in [-0.3, -0.25) is 14.6 Å². The summed E-state index contributed by atoms with van der Waals surface area (Å²) in [5, 5.41) is 11.6. The normalized spacial score (nSPS) is 11.0. The molecule has 0 radical (unpaired) electrons. The summed E-state index contributed by atoms with van der Waals surface area (Å²) >= 11 is 0. The second kappa shape index (κ2) is 9.28. The Hall–Kier alpha value is -3.48. The lowest BCUT2D eigenvalue weighted by molar-refractivity contribution is -0.134. The van der Waals surface area contributed by atoms with E-state index >= 15 is 0 Å². The van der Waals surface area contributed by atoms with Crippen LogP contribution in [0.1, 0.15) is 28.4 Å². The summed E-state index contributed by atoms with van der Waals surface area (Å²) in [7, 11) is 1.47. The van der Waals surface area contributed by atoms with Crippen LogP contribution in [0.2, 0.25) is 0 Å². The highest BCUT2D eigenvalue weighted by Crippen LogP contribution is 2.20. The maximum atomic E-state index is 12.3. The van der Waals surface area contributed by atoms with E-state index in [0.29, 0.717) is 11.3 Å². The summed E-state index contributed by atoms with van der Waals surface area (Å²) in [4.78, 5) is 39.0. The average molecular weight is 368 g/mol. The molecule has 140 valence electrons. The van der Waals surface area contributed by atoms with Crippen molar-refractivity contribution in [2.75, 3.05) is 18.9 Å². The van der Waals surface area contributed by atoms with E-state index in [4.69, 9.17) is 9.84 Å². The first-order valence-corrected chi connectivity index (χ1v) is 8.21. The molecule has 2 N–H and O–H groups in total. The number of hydrogen-bond donors (Lipinski definition) is 2. The Balaban J connectivity index is 2.26. The number of aliphatic carboxylic acids is 1. The van der Waals surface area contributed by atoms with Crippen LogP contribution in [0.25, 0.3) is 0 Å². The Kier molecular flexibility index (Phi) is 6.82. The summed E-state index contributed by atoms with van der Waals surface area (Å²) in [6, 6.07) is 13.8. The van der Waals surface area contributed by atoms with Crippen molar-refractivity contribution < 1.29 is 24.2 Å². The fourth-order valence-electron chi connectivity index (χ4n) is 2.47. The van der Waals surface area contributed by atoms with Gasteiger partial charge in [-0.1, -0.05) is 30.3 Å². The highest BCUT2D eigenvalue weighted by Gasteiger charge is 2.17. The molecule has 0 spiro atoms. The molecule has 0 atom stereocenters. The van der Waals surface area contributed by atoms with Gasteiger partial charge in [0.2, 0.25) is 0 Å². The molecule has 0 saturated carbocycles. The first kappa shape index (κ1) is 19.8. The van der Waals surface area contributed by atoms with Crippen molar-refractivity contribution in [1.29, 1.82) is 0 Å². The Bertz CT molecular complexity index is 875. The number of aliphatic imine (C=N–C) groups is 1. The molecule has 0 aliphatic heterocycles. The lowest BCUT2D eigenvalue weighted by Crippen LogP contribution is -2.19. The highest BCUT2D eigenvalue weighted by atomic mass is 16.5. The van der Waals surface area contributed by atoms with Gasteiger partial charge in [0.15, 0.2) is 5.78 Å². The minimum atomic E-state index is -1.07. The van der Waals surface area contributed by atoms with Gasteiger partial charge in [0.25, 0.3) is 0 Å². The molecule has 0 amide bonds. The second-order valence-electron chi connectivity index (χ2n) is 5.70. The number of rotatable bonds is 8. The van der Waals surface area contributed by atoms with Crippen LogP contribution >= 0.6 is 0 Å². The number of anilines is 1. The van der Waals surface area contributed by atoms with Gasteiger partial charge in [0.1, 0.15) is 18.9 Å². The number of ketones is 1. The van der Waals surface area contributed by atoms with Gasteiger partial charge in [-0.2, -0.15) is 0 Å². The Morgan fingerprint density at radius 2 is 1.81 bits per heavy atom. The standard InChI is InChI=1S/C20H20N2O5/c1-13(23)19(21-2)16-9-8-15(10-17(16)22-11-18(24)25)20(26)27-12-14-6-4-3-5-7-14/h3-10,22H,11-12H2,1-2H3,(H,24,25). The van der Waals surface area contributed by atoms with Crippen molar-refractivity contribution in [2.45, 2.75) is 13.5 Å². The predicted molar refractivity (Wildman–Crippen MR) is 101 cm³/mol. The van der Waals surface area contributed by atoms with Crippen LogP contribution in [0, 0.1) is 0 Å². The first-order valence-electron chi connectivity index (χ1n) is 8.21. The van der Waals surface area contributed by atoms with Gasteiger partial charge in [-0.05, 0) is 23.8 Å². The lowest BCUT2D eigenvalue weighted by atomic mass is 10.0. The number of nitrogens with one attached hydrogen (secondary N) is 1. The van der Waals surface area contributed by atoms with Crippen molar-refractivity contribution in [2.24, 2.45) is 4.99 Å². The summed E-state index contributed by atoms with van der Waals surface area (Å²) in [6.45, 7) is 1.12. The number of nitrogens with zero attached hydrogens (tertiary/aromatic N) is 1. The summed E-state index contributed by atoms with van der Waals surface area (Å²) < 4.78 is 5.29. The van der Waals surface area contributed by atoms with Crippen molar-refractivity contribution in [3.8, 4) is 0 Å². The van der Waals surface area contributed by atoms with Gasteiger partial charge in [0, 0.05) is 25.2 Å². The SMILES string of the molecule is CN=C(C(C)=O)c1ccc(C(=O)OCc2ccccc2)cc1NCC(=O)O. The summed E-state index contributed by atoms with van der Waals surface area (Å²) in [5.74, 6) is -1.90. The van der Waals surface area contributed by atoms with E-state index in [1.807, 2.05) is 30.3 Å². The van der Waals surface area contributed by atoms with Gasteiger partial charge in [-0.15, -0.1) is 0 Å². The number of carbonyl (C=O) groups is 3. The zero-order valence-corrected chi connectivity index (χ0v) is 15.1. The van der Waals surface area contributed by atoms with Crippen LogP contribution in [0.5, 0.6) is 0 Å². The van der Waals surface area contributed by atoms with Gasteiger partial charge >= 0.3 is 11.9 Å². The number of hydrogen-bond acceptors (Lipinski definition) is 6. The number of carboxylic acid groups (broad SMARTS) is 1. The van der Waals surface area contributed by atoms with Crippen LogP contribution in [0.3, 0.4) is 0 Å². The van der Waals surface area contributed by atoms with E-state index in [1.165, 1.54) is 26.1 Å². The van der Waals surface area contributed by atoms with Crippen LogP contribution in [0.4, 0.5) is 5.69 Å². The number of carboxylic acids is 1. The number of esters is 1. The van der Waals surface area contributed by atoms with E-state index < -0.39 is 11.9 Å². The number of carbonyl (C=O) groups excluding carboxylic acids is 2. The molecule has 0 unspecified atom stereocenters. The predicted octanol–water partition coefficient (Wildman–Crippen LogP) is 2.55. The van der Waals surface area contributed by atoms with E-state index in [0.717, 1.165) is 5.56 Å². The molecule has 0 aliphatic rings. The first-order chi connectivity index (χ1) is 12.9. The molecule has 2 aromatic rings. The maximum absolute atomic E-state index is 12.3. The fraction of sp³-hybridized carbons (Fsp3) is 0.200. The van der Waals surface area contributed by atoms with E-state index in [9.17, 15) is 14.4 Å². The lowest BCUT2D eigenvalue weighted by Gasteiger charge is -2.13. The number of ether oxygens (including phenoxy) is 1. The highest BCUT2D eigenvalue weighted by molar-refractivity contribution is 6.46. The topological polar surface area (TPSA) is 105 Å².